The third kappa shape index (κ3) is 3.97. The van der Waals surface area contributed by atoms with Gasteiger partial charge in [0.25, 0.3) is 11.5 Å². The lowest BCUT2D eigenvalue weighted by atomic mass is 10.2. The first kappa shape index (κ1) is 17.4. The molecule has 1 aromatic heterocycles. The molecule has 0 aliphatic heterocycles. The standard InChI is InChI=1S/C20H17FN2O3/c1-26-16-6-4-5-14(11-16)12-23-13-15(9-10-19(23)24)20(25)22-18-8-3-2-7-17(18)21/h2-11,13H,12H2,1H3,(H,22,25). The smallest absolute Gasteiger partial charge is 0.257 e. The summed E-state index contributed by atoms with van der Waals surface area (Å²) in [5.41, 5.74) is 0.965. The van der Waals surface area contributed by atoms with Gasteiger partial charge in [-0.25, -0.2) is 4.39 Å². The summed E-state index contributed by atoms with van der Waals surface area (Å²) in [6.45, 7) is 0.289. The van der Waals surface area contributed by atoms with Gasteiger partial charge in [0.15, 0.2) is 0 Å². The van der Waals surface area contributed by atoms with Gasteiger partial charge in [-0.2, -0.15) is 0 Å². The molecule has 0 fully saturated rings. The first-order chi connectivity index (χ1) is 12.6. The number of ether oxygens (including phenoxy) is 1. The lowest BCUT2D eigenvalue weighted by Gasteiger charge is -2.10. The van der Waals surface area contributed by atoms with E-state index in [1.807, 2.05) is 24.3 Å². The van der Waals surface area contributed by atoms with Gasteiger partial charge in [-0.3, -0.25) is 9.59 Å². The van der Waals surface area contributed by atoms with Crippen molar-refractivity contribution < 1.29 is 13.9 Å². The van der Waals surface area contributed by atoms with Crippen LogP contribution in [-0.4, -0.2) is 17.6 Å². The first-order valence-electron chi connectivity index (χ1n) is 7.96. The maximum absolute atomic E-state index is 13.7. The van der Waals surface area contributed by atoms with Gasteiger partial charge >= 0.3 is 0 Å². The molecule has 0 spiro atoms. The molecule has 2 aromatic carbocycles. The van der Waals surface area contributed by atoms with Crippen molar-refractivity contribution in [2.24, 2.45) is 0 Å². The predicted octanol–water partition coefficient (Wildman–Crippen LogP) is 3.30. The quantitative estimate of drug-likeness (QED) is 0.766. The van der Waals surface area contributed by atoms with Gasteiger partial charge in [-0.05, 0) is 35.9 Å². The maximum Gasteiger partial charge on any atom is 0.257 e. The average molecular weight is 352 g/mol. The number of para-hydroxylation sites is 1. The Balaban J connectivity index is 1.84. The first-order valence-corrected chi connectivity index (χ1v) is 7.96. The second-order valence-electron chi connectivity index (χ2n) is 5.67. The second-order valence-corrected chi connectivity index (χ2v) is 5.67. The summed E-state index contributed by atoms with van der Waals surface area (Å²) in [7, 11) is 1.57. The van der Waals surface area contributed by atoms with Crippen molar-refractivity contribution in [2.45, 2.75) is 6.54 Å². The summed E-state index contributed by atoms with van der Waals surface area (Å²) in [5, 5.41) is 2.51. The number of rotatable bonds is 5. The van der Waals surface area contributed by atoms with E-state index >= 15 is 0 Å². The molecule has 0 bridgehead atoms. The molecular weight excluding hydrogens is 335 g/mol. The molecule has 0 radical (unpaired) electrons. The molecule has 0 aliphatic rings. The van der Waals surface area contributed by atoms with E-state index in [1.165, 1.54) is 35.0 Å². The Bertz CT molecular complexity index is 998. The molecule has 1 amide bonds. The number of nitrogens with zero attached hydrogens (tertiary/aromatic N) is 1. The Morgan fingerprint density at radius 1 is 1.12 bits per heavy atom. The van der Waals surface area contributed by atoms with Crippen molar-refractivity contribution >= 4 is 11.6 Å². The fourth-order valence-electron chi connectivity index (χ4n) is 2.51. The fraction of sp³-hybridized carbons (Fsp3) is 0.100. The Morgan fingerprint density at radius 2 is 1.92 bits per heavy atom. The van der Waals surface area contributed by atoms with Crippen molar-refractivity contribution in [3.8, 4) is 5.75 Å². The number of nitrogens with one attached hydrogen (secondary N) is 1. The van der Waals surface area contributed by atoms with Crippen LogP contribution in [0.3, 0.4) is 0 Å². The number of pyridine rings is 1. The van der Waals surface area contributed by atoms with Crippen LogP contribution in [0, 0.1) is 5.82 Å². The van der Waals surface area contributed by atoms with Crippen LogP contribution in [0.2, 0.25) is 0 Å². The number of halogens is 1. The van der Waals surface area contributed by atoms with E-state index in [0.29, 0.717) is 5.75 Å². The highest BCUT2D eigenvalue weighted by atomic mass is 19.1. The van der Waals surface area contributed by atoms with E-state index < -0.39 is 11.7 Å². The highest BCUT2D eigenvalue weighted by Crippen LogP contribution is 2.15. The number of methoxy groups -OCH3 is 1. The monoisotopic (exact) mass is 352 g/mol. The average Bonchev–Trinajstić information content (AvgIpc) is 2.65. The van der Waals surface area contributed by atoms with E-state index in [4.69, 9.17) is 4.74 Å². The van der Waals surface area contributed by atoms with Gasteiger partial charge in [0.1, 0.15) is 11.6 Å². The summed E-state index contributed by atoms with van der Waals surface area (Å²) in [4.78, 5) is 24.5. The lowest BCUT2D eigenvalue weighted by Crippen LogP contribution is -2.22. The molecule has 3 aromatic rings. The Hall–Kier alpha value is -3.41. The van der Waals surface area contributed by atoms with E-state index in [1.54, 1.807) is 19.2 Å². The third-order valence-corrected chi connectivity index (χ3v) is 3.85. The van der Waals surface area contributed by atoms with E-state index in [2.05, 4.69) is 5.32 Å². The molecule has 0 aliphatic carbocycles. The summed E-state index contributed by atoms with van der Waals surface area (Å²) in [5.74, 6) is -0.330. The minimum absolute atomic E-state index is 0.0862. The van der Waals surface area contributed by atoms with Crippen molar-refractivity contribution in [3.63, 3.8) is 0 Å². The molecule has 26 heavy (non-hydrogen) atoms. The van der Waals surface area contributed by atoms with Gasteiger partial charge in [-0.15, -0.1) is 0 Å². The number of carbonyl (C=O) groups excluding carboxylic acids is 1. The van der Waals surface area contributed by atoms with Gasteiger partial charge in [0, 0.05) is 12.3 Å². The second kappa shape index (κ2) is 7.65. The van der Waals surface area contributed by atoms with Gasteiger partial charge < -0.3 is 14.6 Å². The van der Waals surface area contributed by atoms with Crippen molar-refractivity contribution in [1.29, 1.82) is 0 Å². The molecule has 0 atom stereocenters. The number of amides is 1. The molecule has 0 saturated heterocycles. The van der Waals surface area contributed by atoms with Crippen molar-refractivity contribution in [1.82, 2.24) is 4.57 Å². The topological polar surface area (TPSA) is 60.3 Å². The number of hydrogen-bond donors (Lipinski definition) is 1. The number of aromatic nitrogens is 1. The Morgan fingerprint density at radius 3 is 2.69 bits per heavy atom. The van der Waals surface area contributed by atoms with Crippen LogP contribution in [0.15, 0.2) is 71.7 Å². The van der Waals surface area contributed by atoms with Crippen LogP contribution in [0.1, 0.15) is 15.9 Å². The molecule has 0 unspecified atom stereocenters. The maximum atomic E-state index is 13.7. The zero-order chi connectivity index (χ0) is 18.5. The Labute approximate surface area is 149 Å². The number of carbonyl (C=O) groups is 1. The van der Waals surface area contributed by atoms with Crippen LogP contribution in [-0.2, 0) is 6.54 Å². The van der Waals surface area contributed by atoms with Crippen molar-refractivity contribution in [2.75, 3.05) is 12.4 Å². The van der Waals surface area contributed by atoms with Gasteiger partial charge in [0.2, 0.25) is 0 Å². The normalized spacial score (nSPS) is 10.4. The molecule has 3 rings (SSSR count). The van der Waals surface area contributed by atoms with Crippen molar-refractivity contribution in [3.05, 3.63) is 94.2 Å². The molecular formula is C20H17FN2O3. The number of hydrogen-bond acceptors (Lipinski definition) is 3. The highest BCUT2D eigenvalue weighted by Gasteiger charge is 2.11. The number of anilines is 1. The van der Waals surface area contributed by atoms with E-state index in [9.17, 15) is 14.0 Å². The van der Waals surface area contributed by atoms with Crippen LogP contribution in [0.5, 0.6) is 5.75 Å². The van der Waals surface area contributed by atoms with Crippen LogP contribution in [0.4, 0.5) is 10.1 Å². The fourth-order valence-corrected chi connectivity index (χ4v) is 2.51. The third-order valence-electron chi connectivity index (χ3n) is 3.85. The summed E-state index contributed by atoms with van der Waals surface area (Å²) >= 11 is 0. The molecule has 1 N–H and O–H groups in total. The summed E-state index contributed by atoms with van der Waals surface area (Å²) in [6.07, 6.45) is 1.46. The zero-order valence-electron chi connectivity index (χ0n) is 14.1. The largest absolute Gasteiger partial charge is 0.497 e. The van der Waals surface area contributed by atoms with Crippen LogP contribution >= 0.6 is 0 Å². The summed E-state index contributed by atoms with van der Waals surface area (Å²) in [6, 6.07) is 16.0. The molecule has 0 saturated carbocycles. The number of benzene rings is 2. The predicted molar refractivity (Wildman–Crippen MR) is 97.2 cm³/mol. The lowest BCUT2D eigenvalue weighted by molar-refractivity contribution is 0.102. The Kier molecular flexibility index (Phi) is 5.12. The SMILES string of the molecule is COc1cccc(Cn2cc(C(=O)Nc3ccccc3F)ccc2=O)c1. The minimum Gasteiger partial charge on any atom is -0.497 e. The molecule has 132 valence electrons. The van der Waals surface area contributed by atoms with Gasteiger partial charge in [-0.1, -0.05) is 24.3 Å². The molecule has 1 heterocycles. The highest BCUT2D eigenvalue weighted by molar-refractivity contribution is 6.04. The van der Waals surface area contributed by atoms with Gasteiger partial charge in [0.05, 0.1) is 24.9 Å². The zero-order valence-corrected chi connectivity index (χ0v) is 14.1. The molecule has 5 nitrogen and oxygen atoms in total. The molecule has 6 heteroatoms. The van der Waals surface area contributed by atoms with E-state index in [-0.39, 0.29) is 23.4 Å². The van der Waals surface area contributed by atoms with Crippen LogP contribution in [0.25, 0.3) is 0 Å². The van der Waals surface area contributed by atoms with E-state index in [0.717, 1.165) is 5.56 Å². The van der Waals surface area contributed by atoms with Crippen LogP contribution < -0.4 is 15.6 Å². The minimum atomic E-state index is -0.523. The summed E-state index contributed by atoms with van der Waals surface area (Å²) < 4.78 is 20.3.